The lowest BCUT2D eigenvalue weighted by Crippen LogP contribution is -2.21. The lowest BCUT2D eigenvalue weighted by molar-refractivity contribution is 0.386. The summed E-state index contributed by atoms with van der Waals surface area (Å²) in [5.74, 6) is 6.95. The second-order valence-electron chi connectivity index (χ2n) is 4.24. The summed E-state index contributed by atoms with van der Waals surface area (Å²) in [5.41, 5.74) is 2.96. The van der Waals surface area contributed by atoms with E-state index in [9.17, 15) is 0 Å². The maximum absolute atomic E-state index is 6.01. The predicted octanol–water partition coefficient (Wildman–Crippen LogP) is 2.50. The van der Waals surface area contributed by atoms with Crippen LogP contribution in [-0.4, -0.2) is 17.5 Å². The zero-order valence-corrected chi connectivity index (χ0v) is 11.2. The molecule has 0 fully saturated rings. The van der Waals surface area contributed by atoms with Gasteiger partial charge in [-0.25, -0.2) is 4.68 Å². The molecule has 4 heteroatoms. The zero-order valence-electron chi connectivity index (χ0n) is 11.2. The minimum atomic E-state index is 0.298. The summed E-state index contributed by atoms with van der Waals surface area (Å²) in [4.78, 5) is 4.46. The average Bonchev–Trinajstić information content (AvgIpc) is 2.56. The van der Waals surface area contributed by atoms with Crippen molar-refractivity contribution in [2.45, 2.75) is 27.7 Å². The molecule has 0 aliphatic carbocycles. The molecule has 0 aromatic carbocycles. The van der Waals surface area contributed by atoms with Gasteiger partial charge in [-0.15, -0.1) is 0 Å². The lowest BCUT2D eigenvalue weighted by atomic mass is 10.0. The normalized spacial score (nSPS) is 12.7. The molecule has 1 aromatic rings. The summed E-state index contributed by atoms with van der Waals surface area (Å²) >= 11 is 0. The van der Waals surface area contributed by atoms with Crippen molar-refractivity contribution >= 4 is 5.71 Å². The van der Waals surface area contributed by atoms with Crippen LogP contribution in [-0.2, 0) is 0 Å². The summed E-state index contributed by atoms with van der Waals surface area (Å²) < 4.78 is 6.76. The number of aryl methyl sites for hydroxylation is 1. The highest BCUT2D eigenvalue weighted by molar-refractivity contribution is 6.02. The Hall–Kier alpha value is -1.71. The van der Waals surface area contributed by atoms with Crippen LogP contribution in [0, 0.1) is 12.8 Å². The third kappa shape index (κ3) is 2.70. The number of nitrogens with zero attached hydrogens (tertiary/aromatic N) is 2. The zero-order chi connectivity index (χ0) is 13.0. The first-order chi connectivity index (χ1) is 8.02. The number of hydrogen-bond donors (Lipinski definition) is 1. The number of rotatable bonds is 4. The highest BCUT2D eigenvalue weighted by Crippen LogP contribution is 2.22. The molecule has 0 bridgehead atoms. The first-order valence-electron chi connectivity index (χ1n) is 5.73. The number of nitrogen functional groups attached to an aromatic ring is 1. The van der Waals surface area contributed by atoms with Gasteiger partial charge in [-0.2, -0.15) is 0 Å². The molecule has 0 saturated carbocycles. The molecule has 2 N–H and O–H groups in total. The molecule has 0 atom stereocenters. The molecule has 1 heterocycles. The molecule has 0 aliphatic heterocycles. The highest BCUT2D eigenvalue weighted by Gasteiger charge is 2.18. The first-order valence-corrected chi connectivity index (χ1v) is 5.73. The summed E-state index contributed by atoms with van der Waals surface area (Å²) in [7, 11) is 1.61. The Morgan fingerprint density at radius 2 is 2.18 bits per heavy atom. The van der Waals surface area contributed by atoms with Gasteiger partial charge in [0, 0.05) is 12.3 Å². The van der Waals surface area contributed by atoms with Gasteiger partial charge < -0.3 is 10.6 Å². The Morgan fingerprint density at radius 1 is 1.53 bits per heavy atom. The molecular weight excluding hydrogens is 214 g/mol. The summed E-state index contributed by atoms with van der Waals surface area (Å²) in [6.45, 7) is 8.15. The number of aliphatic imine (C=N–C) groups is 1. The SMILES string of the molecule is C/C=C\N=C(/c1c(C)cc(OC)n1N)C(C)C. The average molecular weight is 235 g/mol. The van der Waals surface area contributed by atoms with Gasteiger partial charge in [0.15, 0.2) is 0 Å². The Balaban J connectivity index is 3.33. The second-order valence-corrected chi connectivity index (χ2v) is 4.24. The fraction of sp³-hybridized carbons (Fsp3) is 0.462. The largest absolute Gasteiger partial charge is 0.481 e. The number of nitrogens with two attached hydrogens (primary N) is 1. The van der Waals surface area contributed by atoms with Crippen LogP contribution in [0.4, 0.5) is 0 Å². The van der Waals surface area contributed by atoms with Crippen molar-refractivity contribution in [3.8, 4) is 5.88 Å². The summed E-state index contributed by atoms with van der Waals surface area (Å²) in [6, 6.07) is 1.92. The molecule has 0 aliphatic rings. The van der Waals surface area contributed by atoms with Crippen LogP contribution in [0.5, 0.6) is 5.88 Å². The van der Waals surface area contributed by atoms with Crippen LogP contribution in [0.3, 0.4) is 0 Å². The number of methoxy groups -OCH3 is 1. The van der Waals surface area contributed by atoms with E-state index >= 15 is 0 Å². The Kier molecular flexibility index (Phi) is 4.37. The maximum atomic E-state index is 6.01. The topological polar surface area (TPSA) is 52.5 Å². The lowest BCUT2D eigenvalue weighted by Gasteiger charge is -2.12. The fourth-order valence-electron chi connectivity index (χ4n) is 1.74. The van der Waals surface area contributed by atoms with E-state index in [1.807, 2.05) is 26.0 Å². The van der Waals surface area contributed by atoms with E-state index in [-0.39, 0.29) is 0 Å². The molecule has 4 nitrogen and oxygen atoms in total. The maximum Gasteiger partial charge on any atom is 0.212 e. The monoisotopic (exact) mass is 235 g/mol. The van der Waals surface area contributed by atoms with Crippen molar-refractivity contribution in [3.63, 3.8) is 0 Å². The molecule has 1 rings (SSSR count). The van der Waals surface area contributed by atoms with Crippen molar-refractivity contribution in [1.29, 1.82) is 0 Å². The van der Waals surface area contributed by atoms with Gasteiger partial charge in [0.05, 0.1) is 18.5 Å². The minimum absolute atomic E-state index is 0.298. The third-order valence-corrected chi connectivity index (χ3v) is 2.55. The van der Waals surface area contributed by atoms with Crippen molar-refractivity contribution in [2.75, 3.05) is 13.0 Å². The van der Waals surface area contributed by atoms with Crippen molar-refractivity contribution in [1.82, 2.24) is 4.68 Å². The van der Waals surface area contributed by atoms with Crippen LogP contribution in [0.25, 0.3) is 0 Å². The van der Waals surface area contributed by atoms with E-state index in [1.165, 1.54) is 0 Å². The van der Waals surface area contributed by atoms with Crippen LogP contribution in [0.15, 0.2) is 23.3 Å². The molecule has 0 radical (unpaired) electrons. The van der Waals surface area contributed by atoms with Crippen LogP contribution in [0.2, 0.25) is 0 Å². The Labute approximate surface area is 103 Å². The van der Waals surface area contributed by atoms with Crippen LogP contribution < -0.4 is 10.6 Å². The van der Waals surface area contributed by atoms with E-state index in [2.05, 4.69) is 18.8 Å². The molecule has 17 heavy (non-hydrogen) atoms. The predicted molar refractivity (Wildman–Crippen MR) is 72.1 cm³/mol. The summed E-state index contributed by atoms with van der Waals surface area (Å²) in [5, 5.41) is 0. The van der Waals surface area contributed by atoms with E-state index in [0.717, 1.165) is 17.0 Å². The van der Waals surface area contributed by atoms with Crippen molar-refractivity contribution in [3.05, 3.63) is 29.6 Å². The van der Waals surface area contributed by atoms with E-state index in [0.29, 0.717) is 11.8 Å². The Morgan fingerprint density at radius 3 is 2.59 bits per heavy atom. The fourth-order valence-corrected chi connectivity index (χ4v) is 1.74. The molecular formula is C13H21N3O. The van der Waals surface area contributed by atoms with Gasteiger partial charge in [-0.3, -0.25) is 4.99 Å². The van der Waals surface area contributed by atoms with Gasteiger partial charge in [0.25, 0.3) is 0 Å². The van der Waals surface area contributed by atoms with Gasteiger partial charge in [-0.1, -0.05) is 19.9 Å². The molecule has 0 amide bonds. The number of allylic oxidation sites excluding steroid dienone is 1. The standard InChI is InChI=1S/C13H21N3O/c1-6-7-15-12(9(2)3)13-10(4)8-11(17-5)16(13)14/h6-9H,14H2,1-5H3/b7-6-,15-12-. The number of aromatic nitrogens is 1. The quantitative estimate of drug-likeness (QED) is 0.644. The van der Waals surface area contributed by atoms with Gasteiger partial charge in [0.1, 0.15) is 0 Å². The number of hydrogen-bond acceptors (Lipinski definition) is 3. The van der Waals surface area contributed by atoms with Gasteiger partial charge >= 0.3 is 0 Å². The third-order valence-electron chi connectivity index (χ3n) is 2.55. The smallest absolute Gasteiger partial charge is 0.212 e. The highest BCUT2D eigenvalue weighted by atomic mass is 16.5. The van der Waals surface area contributed by atoms with E-state index in [4.69, 9.17) is 10.6 Å². The summed E-state index contributed by atoms with van der Waals surface area (Å²) in [6.07, 6.45) is 3.69. The van der Waals surface area contributed by atoms with Crippen molar-refractivity contribution in [2.24, 2.45) is 10.9 Å². The van der Waals surface area contributed by atoms with Crippen LogP contribution in [0.1, 0.15) is 32.0 Å². The molecule has 94 valence electrons. The van der Waals surface area contributed by atoms with Gasteiger partial charge in [-0.05, 0) is 25.3 Å². The molecule has 0 saturated heterocycles. The Bertz CT molecular complexity index is 442. The van der Waals surface area contributed by atoms with Crippen LogP contribution >= 0.6 is 0 Å². The van der Waals surface area contributed by atoms with Gasteiger partial charge in [0.2, 0.25) is 5.88 Å². The van der Waals surface area contributed by atoms with E-state index in [1.54, 1.807) is 18.0 Å². The first kappa shape index (κ1) is 13.4. The second kappa shape index (κ2) is 5.57. The minimum Gasteiger partial charge on any atom is -0.481 e. The molecule has 0 unspecified atom stereocenters. The van der Waals surface area contributed by atoms with E-state index < -0.39 is 0 Å². The molecule has 0 spiro atoms. The van der Waals surface area contributed by atoms with Crippen molar-refractivity contribution < 1.29 is 4.74 Å². The number of ether oxygens (including phenoxy) is 1. The molecule has 1 aromatic heterocycles.